The molecule has 1 aromatic rings. The van der Waals surface area contributed by atoms with Crippen molar-refractivity contribution in [3.05, 3.63) is 33.9 Å². The fourth-order valence-corrected chi connectivity index (χ4v) is 1.03. The Morgan fingerprint density at radius 3 is 1.75 bits per heavy atom. The molecule has 2 heteroatoms. The van der Waals surface area contributed by atoms with Gasteiger partial charge in [-0.25, -0.2) is 0 Å². The molecule has 1 nitrogen and oxygen atoms in total. The summed E-state index contributed by atoms with van der Waals surface area (Å²) in [6, 6.07) is 10.2. The van der Waals surface area contributed by atoms with E-state index in [0.29, 0.717) is 0 Å². The van der Waals surface area contributed by atoms with Crippen LogP contribution in [0.25, 0.3) is 0 Å². The first kappa shape index (κ1) is 11.9. The second-order valence-corrected chi connectivity index (χ2v) is 3.32. The predicted octanol–water partition coefficient (Wildman–Crippen LogP) is 3.33. The zero-order chi connectivity index (χ0) is 9.23. The van der Waals surface area contributed by atoms with Crippen molar-refractivity contribution in [3.8, 4) is 0 Å². The number of hydrogen-bond acceptors (Lipinski definition) is 1. The van der Waals surface area contributed by atoms with Gasteiger partial charge in [-0.05, 0) is 48.6 Å². The monoisotopic (exact) mass is 278 g/mol. The Balaban J connectivity index is 0.000000217. The lowest BCUT2D eigenvalue weighted by molar-refractivity contribution is 0.162. The molecule has 0 radical (unpaired) electrons. The summed E-state index contributed by atoms with van der Waals surface area (Å²) in [5.41, 5.74) is 0. The molecule has 0 atom stereocenters. The smallest absolute Gasteiger partial charge is 0.0437 e. The maximum atomic E-state index is 4.83. The van der Waals surface area contributed by atoms with E-state index in [1.165, 1.54) is 3.57 Å². The van der Waals surface area contributed by atoms with Crippen molar-refractivity contribution in [2.45, 2.75) is 13.8 Å². The summed E-state index contributed by atoms with van der Waals surface area (Å²) in [6.45, 7) is 5.67. The van der Waals surface area contributed by atoms with E-state index in [-0.39, 0.29) is 0 Å². The molecule has 1 aromatic carbocycles. The first-order valence-electron chi connectivity index (χ1n) is 4.09. The molecular formula is C10H15IO. The number of hydrogen-bond donors (Lipinski definition) is 0. The van der Waals surface area contributed by atoms with Gasteiger partial charge in [0, 0.05) is 16.8 Å². The fourth-order valence-electron chi connectivity index (χ4n) is 0.619. The van der Waals surface area contributed by atoms with Crippen molar-refractivity contribution in [2.24, 2.45) is 0 Å². The fraction of sp³-hybridized carbons (Fsp3) is 0.400. The Bertz CT molecular complexity index is 172. The lowest BCUT2D eigenvalue weighted by Gasteiger charge is -1.86. The molecule has 0 fully saturated rings. The molecule has 12 heavy (non-hydrogen) atoms. The van der Waals surface area contributed by atoms with Gasteiger partial charge in [0.2, 0.25) is 0 Å². The zero-order valence-corrected chi connectivity index (χ0v) is 9.74. The first-order valence-corrected chi connectivity index (χ1v) is 5.17. The van der Waals surface area contributed by atoms with Crippen LogP contribution in [0.15, 0.2) is 30.3 Å². The van der Waals surface area contributed by atoms with Crippen LogP contribution in [0.2, 0.25) is 0 Å². The molecule has 0 amide bonds. The van der Waals surface area contributed by atoms with Crippen molar-refractivity contribution >= 4 is 22.6 Å². The van der Waals surface area contributed by atoms with Crippen LogP contribution in [-0.2, 0) is 4.74 Å². The average Bonchev–Trinajstić information content (AvgIpc) is 2.08. The molecule has 1 rings (SSSR count). The molecular weight excluding hydrogens is 263 g/mol. The van der Waals surface area contributed by atoms with Crippen LogP contribution in [0.3, 0.4) is 0 Å². The van der Waals surface area contributed by atoms with Gasteiger partial charge >= 0.3 is 0 Å². The Morgan fingerprint density at radius 1 is 1.08 bits per heavy atom. The van der Waals surface area contributed by atoms with E-state index in [2.05, 4.69) is 34.7 Å². The topological polar surface area (TPSA) is 9.23 Å². The molecule has 0 aliphatic rings. The number of benzene rings is 1. The molecule has 0 N–H and O–H groups in total. The Hall–Kier alpha value is -0.0900. The normalized spacial score (nSPS) is 8.58. The summed E-state index contributed by atoms with van der Waals surface area (Å²) < 4.78 is 6.13. The van der Waals surface area contributed by atoms with Gasteiger partial charge in [-0.1, -0.05) is 18.2 Å². The minimum Gasteiger partial charge on any atom is -0.382 e. The molecule has 0 saturated carbocycles. The van der Waals surface area contributed by atoms with E-state index in [1.54, 1.807) is 0 Å². The highest BCUT2D eigenvalue weighted by Gasteiger charge is 1.74. The third kappa shape index (κ3) is 8.01. The summed E-state index contributed by atoms with van der Waals surface area (Å²) >= 11 is 2.28. The van der Waals surface area contributed by atoms with Crippen LogP contribution in [0.4, 0.5) is 0 Å². The molecule has 0 unspecified atom stereocenters. The first-order chi connectivity index (χ1) is 5.81. The minimum atomic E-state index is 0.844. The quantitative estimate of drug-likeness (QED) is 0.754. The van der Waals surface area contributed by atoms with Gasteiger partial charge in [0.25, 0.3) is 0 Å². The van der Waals surface area contributed by atoms with Crippen LogP contribution < -0.4 is 0 Å². The maximum Gasteiger partial charge on any atom is 0.0437 e. The van der Waals surface area contributed by atoms with Crippen LogP contribution in [-0.4, -0.2) is 13.2 Å². The summed E-state index contributed by atoms with van der Waals surface area (Å²) in [6.07, 6.45) is 0. The average molecular weight is 278 g/mol. The molecule has 0 aromatic heterocycles. The molecule has 0 aliphatic carbocycles. The van der Waals surface area contributed by atoms with Gasteiger partial charge in [-0.15, -0.1) is 0 Å². The van der Waals surface area contributed by atoms with E-state index in [0.717, 1.165) is 13.2 Å². The zero-order valence-electron chi connectivity index (χ0n) is 7.59. The highest BCUT2D eigenvalue weighted by molar-refractivity contribution is 14.1. The van der Waals surface area contributed by atoms with E-state index in [1.807, 2.05) is 32.0 Å². The van der Waals surface area contributed by atoms with Crippen LogP contribution in [0.1, 0.15) is 13.8 Å². The largest absolute Gasteiger partial charge is 0.382 e. The van der Waals surface area contributed by atoms with E-state index in [4.69, 9.17) is 4.74 Å². The standard InChI is InChI=1S/C6H5I.C4H10O/c7-6-4-2-1-3-5-6;1-3-5-4-2/h1-5H;3-4H2,1-2H3. The van der Waals surface area contributed by atoms with Crippen molar-refractivity contribution in [2.75, 3.05) is 13.2 Å². The van der Waals surface area contributed by atoms with Gasteiger partial charge in [0.15, 0.2) is 0 Å². The van der Waals surface area contributed by atoms with Crippen LogP contribution >= 0.6 is 22.6 Å². The summed E-state index contributed by atoms with van der Waals surface area (Å²) in [4.78, 5) is 0. The van der Waals surface area contributed by atoms with Crippen LogP contribution in [0.5, 0.6) is 0 Å². The SMILES string of the molecule is CCOCC.Ic1ccccc1. The van der Waals surface area contributed by atoms with Crippen molar-refractivity contribution < 1.29 is 4.74 Å². The Kier molecular flexibility index (Phi) is 8.93. The number of ether oxygens (including phenoxy) is 1. The maximum absolute atomic E-state index is 4.83. The predicted molar refractivity (Wildman–Crippen MR) is 61.3 cm³/mol. The molecule has 0 bridgehead atoms. The van der Waals surface area contributed by atoms with E-state index >= 15 is 0 Å². The highest BCUT2D eigenvalue weighted by Crippen LogP contribution is 1.99. The van der Waals surface area contributed by atoms with Gasteiger partial charge in [0.1, 0.15) is 0 Å². The van der Waals surface area contributed by atoms with Crippen LogP contribution in [0, 0.1) is 3.57 Å². The molecule has 0 aliphatic heterocycles. The summed E-state index contributed by atoms with van der Waals surface area (Å²) in [7, 11) is 0. The van der Waals surface area contributed by atoms with Crippen molar-refractivity contribution in [1.29, 1.82) is 0 Å². The van der Waals surface area contributed by atoms with Gasteiger partial charge in [0.05, 0.1) is 0 Å². The molecule has 0 heterocycles. The Morgan fingerprint density at radius 2 is 1.58 bits per heavy atom. The highest BCUT2D eigenvalue weighted by atomic mass is 127. The van der Waals surface area contributed by atoms with E-state index in [9.17, 15) is 0 Å². The Labute approximate surface area is 88.3 Å². The van der Waals surface area contributed by atoms with Gasteiger partial charge in [-0.3, -0.25) is 0 Å². The van der Waals surface area contributed by atoms with Gasteiger partial charge in [-0.2, -0.15) is 0 Å². The summed E-state index contributed by atoms with van der Waals surface area (Å²) in [5.74, 6) is 0. The third-order valence-corrected chi connectivity index (χ3v) is 1.86. The third-order valence-electron chi connectivity index (χ3n) is 1.14. The number of halogens is 1. The second-order valence-electron chi connectivity index (χ2n) is 2.08. The van der Waals surface area contributed by atoms with Crippen molar-refractivity contribution in [1.82, 2.24) is 0 Å². The molecule has 0 saturated heterocycles. The van der Waals surface area contributed by atoms with E-state index < -0.39 is 0 Å². The summed E-state index contributed by atoms with van der Waals surface area (Å²) in [5, 5.41) is 0. The number of rotatable bonds is 2. The lowest BCUT2D eigenvalue weighted by atomic mass is 10.4. The molecule has 0 spiro atoms. The van der Waals surface area contributed by atoms with Gasteiger partial charge < -0.3 is 4.74 Å². The minimum absolute atomic E-state index is 0.844. The van der Waals surface area contributed by atoms with Crippen molar-refractivity contribution in [3.63, 3.8) is 0 Å². The second kappa shape index (κ2) is 9.00. The lowest BCUT2D eigenvalue weighted by Crippen LogP contribution is -1.84. The molecule has 68 valence electrons.